The Hall–Kier alpha value is -0.790. The number of nitrogens with one attached hydrogen (secondary N) is 2. The second-order valence-corrected chi connectivity index (χ2v) is 2.69. The highest BCUT2D eigenvalue weighted by Gasteiger charge is 2.17. The van der Waals surface area contributed by atoms with Crippen molar-refractivity contribution in [1.82, 2.24) is 10.6 Å². The largest absolute Gasteiger partial charge is 0.374 e. The first kappa shape index (κ1) is 7.32. The molecular weight excluding hydrogens is 128 g/mol. The maximum Gasteiger partial charge on any atom is 0.147 e. The second-order valence-electron chi connectivity index (χ2n) is 2.69. The highest BCUT2D eigenvalue weighted by Crippen LogP contribution is 2.00. The Morgan fingerprint density at radius 2 is 2.30 bits per heavy atom. The lowest BCUT2D eigenvalue weighted by molar-refractivity contribution is 0.431. The van der Waals surface area contributed by atoms with Crippen LogP contribution < -0.4 is 10.6 Å². The molecule has 0 radical (unpaired) electrons. The predicted molar refractivity (Wildman–Crippen MR) is 39.3 cm³/mol. The molecule has 2 N–H and O–H groups in total. The number of hydrogen-bond acceptors (Lipinski definition) is 3. The highest BCUT2D eigenvalue weighted by atomic mass is 16.1. The van der Waals surface area contributed by atoms with Crippen LogP contribution in [0.4, 0.5) is 0 Å². The Morgan fingerprint density at radius 3 is 2.80 bits per heavy atom. The van der Waals surface area contributed by atoms with Gasteiger partial charge in [0.05, 0.1) is 6.04 Å². The maximum absolute atomic E-state index is 10.3. The van der Waals surface area contributed by atoms with Crippen LogP contribution in [0.25, 0.3) is 0 Å². The molecule has 2 unspecified atom stereocenters. The smallest absolute Gasteiger partial charge is 0.147 e. The van der Waals surface area contributed by atoms with E-state index in [9.17, 15) is 4.79 Å². The van der Waals surface area contributed by atoms with E-state index in [0.29, 0.717) is 11.7 Å². The van der Waals surface area contributed by atoms with Crippen LogP contribution in [0.1, 0.15) is 13.8 Å². The zero-order chi connectivity index (χ0) is 7.56. The molecular formula is C7H12N2O. The van der Waals surface area contributed by atoms with E-state index in [0.717, 1.165) is 6.54 Å². The summed E-state index contributed by atoms with van der Waals surface area (Å²) in [6, 6.07) is 0.473. The maximum atomic E-state index is 10.3. The van der Waals surface area contributed by atoms with Crippen LogP contribution in [0.15, 0.2) is 5.70 Å². The third kappa shape index (κ3) is 1.38. The van der Waals surface area contributed by atoms with Crippen molar-refractivity contribution in [3.8, 4) is 0 Å². The van der Waals surface area contributed by atoms with E-state index in [2.05, 4.69) is 10.6 Å². The fraction of sp³-hybridized carbons (Fsp3) is 0.714. The molecule has 10 heavy (non-hydrogen) atoms. The summed E-state index contributed by atoms with van der Waals surface area (Å²) in [5.41, 5.74) is 0.638. The molecule has 0 aromatic carbocycles. The van der Waals surface area contributed by atoms with Crippen LogP contribution in [0.5, 0.6) is 0 Å². The van der Waals surface area contributed by atoms with E-state index in [4.69, 9.17) is 0 Å². The van der Waals surface area contributed by atoms with Crippen LogP contribution in [0, 0.1) is 0 Å². The molecule has 0 aromatic heterocycles. The Bertz CT molecular complexity index is 172. The fourth-order valence-corrected chi connectivity index (χ4v) is 1.01. The molecule has 1 aliphatic heterocycles. The Kier molecular flexibility index (Phi) is 2.10. The van der Waals surface area contributed by atoms with E-state index in [1.807, 2.05) is 19.8 Å². The number of hydrogen-bond donors (Lipinski definition) is 2. The first-order valence-corrected chi connectivity index (χ1v) is 3.49. The van der Waals surface area contributed by atoms with Crippen molar-refractivity contribution < 1.29 is 4.79 Å². The minimum atomic E-state index is 0.133. The quantitative estimate of drug-likeness (QED) is 0.453. The van der Waals surface area contributed by atoms with E-state index in [1.165, 1.54) is 0 Å². The third-order valence-electron chi connectivity index (χ3n) is 1.68. The van der Waals surface area contributed by atoms with Crippen molar-refractivity contribution in [2.75, 3.05) is 6.54 Å². The van der Waals surface area contributed by atoms with E-state index < -0.39 is 0 Å². The number of rotatable bonds is 0. The minimum absolute atomic E-state index is 0.133. The van der Waals surface area contributed by atoms with Crippen molar-refractivity contribution in [1.29, 1.82) is 0 Å². The van der Waals surface area contributed by atoms with Gasteiger partial charge in [0.2, 0.25) is 0 Å². The van der Waals surface area contributed by atoms with Crippen LogP contribution >= 0.6 is 0 Å². The summed E-state index contributed by atoms with van der Waals surface area (Å²) < 4.78 is 0. The molecule has 0 bridgehead atoms. The topological polar surface area (TPSA) is 41.1 Å². The lowest BCUT2D eigenvalue weighted by atomic mass is 10.1. The van der Waals surface area contributed by atoms with Crippen LogP contribution in [-0.2, 0) is 4.79 Å². The normalized spacial score (nSPS) is 32.8. The molecule has 1 fully saturated rings. The lowest BCUT2D eigenvalue weighted by Crippen LogP contribution is -2.50. The van der Waals surface area contributed by atoms with Gasteiger partial charge in [0.15, 0.2) is 0 Å². The molecule has 3 heteroatoms. The van der Waals surface area contributed by atoms with Gasteiger partial charge in [-0.2, -0.15) is 0 Å². The zero-order valence-electron chi connectivity index (χ0n) is 6.27. The molecule has 0 aliphatic carbocycles. The van der Waals surface area contributed by atoms with Gasteiger partial charge < -0.3 is 10.6 Å². The van der Waals surface area contributed by atoms with Crippen LogP contribution in [-0.4, -0.2) is 24.6 Å². The minimum Gasteiger partial charge on any atom is -0.374 e. The standard InChI is InChI=1S/C7H12N2O/c1-5-3-8-6(2)7(4-10)9-5/h5-6,8-9H,3H2,1-2H3. The van der Waals surface area contributed by atoms with Gasteiger partial charge in [0, 0.05) is 12.6 Å². The van der Waals surface area contributed by atoms with Gasteiger partial charge in [0.1, 0.15) is 11.6 Å². The van der Waals surface area contributed by atoms with Crippen molar-refractivity contribution >= 4 is 5.94 Å². The van der Waals surface area contributed by atoms with E-state index >= 15 is 0 Å². The number of carbonyl (C=O) groups excluding carboxylic acids is 1. The number of piperazine rings is 1. The van der Waals surface area contributed by atoms with Gasteiger partial charge in [-0.25, -0.2) is 4.79 Å². The first-order chi connectivity index (χ1) is 4.74. The summed E-state index contributed by atoms with van der Waals surface area (Å²) in [6.07, 6.45) is 0. The van der Waals surface area contributed by atoms with Crippen LogP contribution in [0.3, 0.4) is 0 Å². The molecule has 1 heterocycles. The van der Waals surface area contributed by atoms with E-state index in [1.54, 1.807) is 0 Å². The SMILES string of the molecule is CC1CNC(C)C(=C=O)N1. The fourth-order valence-electron chi connectivity index (χ4n) is 1.01. The third-order valence-corrected chi connectivity index (χ3v) is 1.68. The van der Waals surface area contributed by atoms with Crippen molar-refractivity contribution in [3.63, 3.8) is 0 Å². The lowest BCUT2D eigenvalue weighted by Gasteiger charge is -2.27. The zero-order valence-corrected chi connectivity index (χ0v) is 6.27. The van der Waals surface area contributed by atoms with Gasteiger partial charge in [-0.15, -0.1) is 0 Å². The summed E-state index contributed by atoms with van der Waals surface area (Å²) in [6.45, 7) is 4.88. The molecule has 0 amide bonds. The van der Waals surface area contributed by atoms with Gasteiger partial charge in [-0.3, -0.25) is 0 Å². The van der Waals surface area contributed by atoms with Crippen molar-refractivity contribution in [2.45, 2.75) is 25.9 Å². The Labute approximate surface area is 60.5 Å². The summed E-state index contributed by atoms with van der Waals surface area (Å²) in [4.78, 5) is 10.3. The summed E-state index contributed by atoms with van der Waals surface area (Å²) in [5, 5.41) is 6.22. The summed E-state index contributed by atoms with van der Waals surface area (Å²) >= 11 is 0. The molecule has 1 saturated heterocycles. The molecule has 0 saturated carbocycles. The summed E-state index contributed by atoms with van der Waals surface area (Å²) in [5.74, 6) is 1.88. The average Bonchev–Trinajstić information content (AvgIpc) is 1.94. The highest BCUT2D eigenvalue weighted by molar-refractivity contribution is 5.53. The van der Waals surface area contributed by atoms with Crippen LogP contribution in [0.2, 0.25) is 0 Å². The monoisotopic (exact) mass is 140 g/mol. The molecule has 1 rings (SSSR count). The van der Waals surface area contributed by atoms with Crippen molar-refractivity contribution in [2.24, 2.45) is 0 Å². The summed E-state index contributed by atoms with van der Waals surface area (Å²) in [7, 11) is 0. The van der Waals surface area contributed by atoms with Gasteiger partial charge in [-0.1, -0.05) is 0 Å². The molecule has 1 aliphatic rings. The first-order valence-electron chi connectivity index (χ1n) is 3.49. The molecule has 2 atom stereocenters. The molecule has 56 valence electrons. The van der Waals surface area contributed by atoms with Crippen molar-refractivity contribution in [3.05, 3.63) is 5.70 Å². The molecule has 0 aromatic rings. The predicted octanol–water partition coefficient (Wildman–Crippen LogP) is -0.328. The van der Waals surface area contributed by atoms with Gasteiger partial charge >= 0.3 is 0 Å². The average molecular weight is 140 g/mol. The Balaban J connectivity index is 2.63. The van der Waals surface area contributed by atoms with Gasteiger partial charge in [-0.05, 0) is 13.8 Å². The van der Waals surface area contributed by atoms with Gasteiger partial charge in [0.25, 0.3) is 0 Å². The second kappa shape index (κ2) is 2.86. The molecule has 0 spiro atoms. The molecule has 3 nitrogen and oxygen atoms in total. The Morgan fingerprint density at radius 1 is 1.60 bits per heavy atom. The van der Waals surface area contributed by atoms with E-state index in [-0.39, 0.29) is 6.04 Å².